The van der Waals surface area contributed by atoms with Crippen molar-refractivity contribution < 1.29 is 14.3 Å². The van der Waals surface area contributed by atoms with Crippen molar-refractivity contribution in [2.45, 2.75) is 0 Å². The van der Waals surface area contributed by atoms with Crippen LogP contribution in [0, 0.1) is 0 Å². The summed E-state index contributed by atoms with van der Waals surface area (Å²) >= 11 is 0. The molecule has 0 atom stereocenters. The molecule has 22 heavy (non-hydrogen) atoms. The summed E-state index contributed by atoms with van der Waals surface area (Å²) in [6, 6.07) is 11.9. The van der Waals surface area contributed by atoms with Gasteiger partial charge in [0.2, 0.25) is 0 Å². The van der Waals surface area contributed by atoms with Gasteiger partial charge in [0, 0.05) is 22.9 Å². The smallest absolute Gasteiger partial charge is 0.271 e. The van der Waals surface area contributed by atoms with Crippen LogP contribution >= 0.6 is 0 Å². The topological polar surface area (TPSA) is 85.9 Å². The molecule has 0 aliphatic carbocycles. The van der Waals surface area contributed by atoms with Gasteiger partial charge in [0.25, 0.3) is 5.91 Å². The molecule has 0 aliphatic heterocycles. The van der Waals surface area contributed by atoms with E-state index in [0.717, 1.165) is 5.56 Å². The van der Waals surface area contributed by atoms with E-state index in [0.29, 0.717) is 22.7 Å². The number of carbonyl (C=O) groups is 1. The molecule has 0 radical (unpaired) electrons. The van der Waals surface area contributed by atoms with Gasteiger partial charge in [-0.05, 0) is 36.4 Å². The number of anilines is 1. The van der Waals surface area contributed by atoms with Crippen LogP contribution in [0.3, 0.4) is 0 Å². The molecular formula is C16H17N3O3. The van der Waals surface area contributed by atoms with Crippen LogP contribution in [-0.4, -0.2) is 26.3 Å². The molecule has 0 aliphatic rings. The Morgan fingerprint density at radius 3 is 2.50 bits per heavy atom. The number of methoxy groups -OCH3 is 2. The van der Waals surface area contributed by atoms with Gasteiger partial charge >= 0.3 is 0 Å². The highest BCUT2D eigenvalue weighted by Crippen LogP contribution is 2.22. The van der Waals surface area contributed by atoms with E-state index < -0.39 is 0 Å². The van der Waals surface area contributed by atoms with E-state index in [-0.39, 0.29) is 5.91 Å². The van der Waals surface area contributed by atoms with Gasteiger partial charge < -0.3 is 15.2 Å². The van der Waals surface area contributed by atoms with E-state index in [9.17, 15) is 4.79 Å². The van der Waals surface area contributed by atoms with Gasteiger partial charge in [-0.15, -0.1) is 0 Å². The quantitative estimate of drug-likeness (QED) is 0.502. The van der Waals surface area contributed by atoms with Gasteiger partial charge in [-0.2, -0.15) is 5.10 Å². The largest absolute Gasteiger partial charge is 0.497 e. The average molecular weight is 299 g/mol. The van der Waals surface area contributed by atoms with Crippen molar-refractivity contribution in [1.82, 2.24) is 5.43 Å². The molecule has 2 aromatic carbocycles. The fourth-order valence-corrected chi connectivity index (χ4v) is 1.78. The molecular weight excluding hydrogens is 282 g/mol. The van der Waals surface area contributed by atoms with Crippen molar-refractivity contribution in [1.29, 1.82) is 0 Å². The molecule has 2 aromatic rings. The molecule has 6 heteroatoms. The highest BCUT2D eigenvalue weighted by molar-refractivity contribution is 5.95. The zero-order chi connectivity index (χ0) is 15.9. The predicted molar refractivity (Wildman–Crippen MR) is 85.5 cm³/mol. The SMILES string of the molecule is COc1ccc(C=NNC(=O)c2ccc(N)cc2)c(OC)c1. The highest BCUT2D eigenvalue weighted by atomic mass is 16.5. The van der Waals surface area contributed by atoms with E-state index in [1.807, 2.05) is 0 Å². The van der Waals surface area contributed by atoms with Gasteiger partial charge in [-0.3, -0.25) is 4.79 Å². The lowest BCUT2D eigenvalue weighted by Gasteiger charge is -2.07. The number of amides is 1. The molecule has 0 saturated carbocycles. The van der Waals surface area contributed by atoms with E-state index in [2.05, 4.69) is 10.5 Å². The van der Waals surface area contributed by atoms with Crippen molar-refractivity contribution in [3.05, 3.63) is 53.6 Å². The number of hydrogen-bond donors (Lipinski definition) is 2. The standard InChI is InChI=1S/C16H17N3O3/c1-21-14-8-5-12(15(9-14)22-2)10-18-19-16(20)11-3-6-13(17)7-4-11/h3-10H,17H2,1-2H3,(H,19,20). The van der Waals surface area contributed by atoms with Crippen LogP contribution in [0.1, 0.15) is 15.9 Å². The first-order valence-corrected chi connectivity index (χ1v) is 6.55. The summed E-state index contributed by atoms with van der Waals surface area (Å²) < 4.78 is 10.4. The Morgan fingerprint density at radius 1 is 1.14 bits per heavy atom. The molecule has 0 unspecified atom stereocenters. The third-order valence-corrected chi connectivity index (χ3v) is 2.98. The Hall–Kier alpha value is -3.02. The maximum absolute atomic E-state index is 11.9. The zero-order valence-corrected chi connectivity index (χ0v) is 12.4. The molecule has 1 amide bonds. The fourth-order valence-electron chi connectivity index (χ4n) is 1.78. The number of nitrogens with zero attached hydrogens (tertiary/aromatic N) is 1. The Balaban J connectivity index is 2.06. The fraction of sp³-hybridized carbons (Fsp3) is 0.125. The lowest BCUT2D eigenvalue weighted by Crippen LogP contribution is -2.17. The molecule has 3 N–H and O–H groups in total. The molecule has 2 rings (SSSR count). The van der Waals surface area contributed by atoms with Crippen LogP contribution in [0.25, 0.3) is 0 Å². The van der Waals surface area contributed by atoms with Crippen molar-refractivity contribution in [3.63, 3.8) is 0 Å². The molecule has 0 spiro atoms. The number of nitrogen functional groups attached to an aromatic ring is 1. The molecule has 0 fully saturated rings. The highest BCUT2D eigenvalue weighted by Gasteiger charge is 2.05. The average Bonchev–Trinajstić information content (AvgIpc) is 2.55. The Bertz CT molecular complexity index is 682. The van der Waals surface area contributed by atoms with Crippen LogP contribution in [0.4, 0.5) is 5.69 Å². The zero-order valence-electron chi connectivity index (χ0n) is 12.4. The Morgan fingerprint density at radius 2 is 1.86 bits per heavy atom. The third kappa shape index (κ3) is 3.76. The summed E-state index contributed by atoms with van der Waals surface area (Å²) in [6.07, 6.45) is 1.51. The normalized spacial score (nSPS) is 10.5. The van der Waals surface area contributed by atoms with Crippen molar-refractivity contribution >= 4 is 17.8 Å². The summed E-state index contributed by atoms with van der Waals surface area (Å²) in [5.41, 5.74) is 9.83. The van der Waals surface area contributed by atoms with Gasteiger partial charge in [-0.1, -0.05) is 0 Å². The summed E-state index contributed by atoms with van der Waals surface area (Å²) in [6.45, 7) is 0. The Kier molecular flexibility index (Phi) is 4.98. The van der Waals surface area contributed by atoms with Crippen LogP contribution in [-0.2, 0) is 0 Å². The van der Waals surface area contributed by atoms with E-state index in [4.69, 9.17) is 15.2 Å². The number of hydrazone groups is 1. The van der Waals surface area contributed by atoms with E-state index in [1.165, 1.54) is 6.21 Å². The minimum Gasteiger partial charge on any atom is -0.497 e. The molecule has 6 nitrogen and oxygen atoms in total. The molecule has 0 heterocycles. The molecule has 0 saturated heterocycles. The maximum atomic E-state index is 11.9. The second-order valence-corrected chi connectivity index (χ2v) is 4.43. The lowest BCUT2D eigenvalue weighted by molar-refractivity contribution is 0.0955. The van der Waals surface area contributed by atoms with Crippen LogP contribution in [0.2, 0.25) is 0 Å². The Labute approximate surface area is 128 Å². The first-order valence-electron chi connectivity index (χ1n) is 6.55. The number of nitrogens with two attached hydrogens (primary N) is 1. The first kappa shape index (κ1) is 15.4. The third-order valence-electron chi connectivity index (χ3n) is 2.98. The number of benzene rings is 2. The monoisotopic (exact) mass is 299 g/mol. The number of nitrogens with one attached hydrogen (secondary N) is 1. The molecule has 114 valence electrons. The minimum atomic E-state index is -0.316. The van der Waals surface area contributed by atoms with Crippen molar-refractivity contribution in [3.8, 4) is 11.5 Å². The summed E-state index contributed by atoms with van der Waals surface area (Å²) in [4.78, 5) is 11.9. The van der Waals surface area contributed by atoms with Gasteiger partial charge in [0.1, 0.15) is 11.5 Å². The lowest BCUT2D eigenvalue weighted by atomic mass is 10.2. The second-order valence-electron chi connectivity index (χ2n) is 4.43. The van der Waals surface area contributed by atoms with Gasteiger partial charge in [-0.25, -0.2) is 5.43 Å². The van der Waals surface area contributed by atoms with Crippen LogP contribution in [0.5, 0.6) is 11.5 Å². The number of rotatable bonds is 5. The van der Waals surface area contributed by atoms with Gasteiger partial charge in [0.05, 0.1) is 20.4 Å². The summed E-state index contributed by atoms with van der Waals surface area (Å²) in [7, 11) is 3.13. The molecule has 0 bridgehead atoms. The maximum Gasteiger partial charge on any atom is 0.271 e. The van der Waals surface area contributed by atoms with Crippen molar-refractivity contribution in [2.75, 3.05) is 20.0 Å². The first-order chi connectivity index (χ1) is 10.6. The summed E-state index contributed by atoms with van der Waals surface area (Å²) in [5.74, 6) is 0.966. The van der Waals surface area contributed by atoms with E-state index >= 15 is 0 Å². The molecule has 0 aromatic heterocycles. The second kappa shape index (κ2) is 7.12. The van der Waals surface area contributed by atoms with Crippen LogP contribution in [0.15, 0.2) is 47.6 Å². The predicted octanol–water partition coefficient (Wildman–Crippen LogP) is 2.05. The van der Waals surface area contributed by atoms with Gasteiger partial charge in [0.15, 0.2) is 0 Å². The van der Waals surface area contributed by atoms with E-state index in [1.54, 1.807) is 56.7 Å². The number of ether oxygens (including phenoxy) is 2. The number of carbonyl (C=O) groups excluding carboxylic acids is 1. The van der Waals surface area contributed by atoms with Crippen LogP contribution < -0.4 is 20.6 Å². The number of hydrogen-bond acceptors (Lipinski definition) is 5. The van der Waals surface area contributed by atoms with Crippen molar-refractivity contribution in [2.24, 2.45) is 5.10 Å². The minimum absolute atomic E-state index is 0.316. The summed E-state index contributed by atoms with van der Waals surface area (Å²) in [5, 5.41) is 3.93.